The Morgan fingerprint density at radius 2 is 2.50 bits per heavy atom. The van der Waals surface area contributed by atoms with Gasteiger partial charge in [-0.2, -0.15) is 0 Å². The van der Waals surface area contributed by atoms with Crippen molar-refractivity contribution in [1.29, 1.82) is 0 Å². The zero-order valence-corrected chi connectivity index (χ0v) is 9.76. The molecule has 2 heterocycles. The third kappa shape index (κ3) is 2.84. The van der Waals surface area contributed by atoms with Crippen molar-refractivity contribution in [1.82, 2.24) is 4.90 Å². The molecule has 2 rings (SSSR count). The fourth-order valence-corrected chi connectivity index (χ4v) is 2.07. The lowest BCUT2D eigenvalue weighted by Gasteiger charge is -2.34. The third-order valence-electron chi connectivity index (χ3n) is 3.12. The van der Waals surface area contributed by atoms with Crippen molar-refractivity contribution in [2.24, 2.45) is 5.73 Å². The second-order valence-corrected chi connectivity index (χ2v) is 4.25. The van der Waals surface area contributed by atoms with Crippen LogP contribution in [0.2, 0.25) is 0 Å². The average Bonchev–Trinajstić information content (AvgIpc) is 2.82. The first kappa shape index (κ1) is 11.6. The van der Waals surface area contributed by atoms with Crippen molar-refractivity contribution < 1.29 is 9.15 Å². The van der Waals surface area contributed by atoms with Crippen molar-refractivity contribution in [3.8, 4) is 0 Å². The first-order valence-electron chi connectivity index (χ1n) is 5.91. The molecule has 0 amide bonds. The Hall–Kier alpha value is -0.840. The van der Waals surface area contributed by atoms with Crippen molar-refractivity contribution in [2.75, 3.05) is 26.2 Å². The highest BCUT2D eigenvalue weighted by molar-refractivity contribution is 5.01. The molecule has 4 nitrogen and oxygen atoms in total. The van der Waals surface area contributed by atoms with Gasteiger partial charge in [0, 0.05) is 25.6 Å². The number of nitrogens with zero attached hydrogens (tertiary/aromatic N) is 1. The summed E-state index contributed by atoms with van der Waals surface area (Å²) in [5.74, 6) is 0.935. The van der Waals surface area contributed by atoms with Crippen LogP contribution in [0.15, 0.2) is 22.8 Å². The Morgan fingerprint density at radius 3 is 3.19 bits per heavy atom. The van der Waals surface area contributed by atoms with Crippen molar-refractivity contribution in [3.05, 3.63) is 24.2 Å². The summed E-state index contributed by atoms with van der Waals surface area (Å²) in [4.78, 5) is 2.37. The third-order valence-corrected chi connectivity index (χ3v) is 3.12. The van der Waals surface area contributed by atoms with Gasteiger partial charge in [0.15, 0.2) is 0 Å². The summed E-state index contributed by atoms with van der Waals surface area (Å²) >= 11 is 0. The Bertz CT molecular complexity index is 300. The van der Waals surface area contributed by atoms with E-state index in [2.05, 4.69) is 11.8 Å². The van der Waals surface area contributed by atoms with E-state index in [0.29, 0.717) is 0 Å². The maximum absolute atomic E-state index is 6.14. The summed E-state index contributed by atoms with van der Waals surface area (Å²) in [6.45, 7) is 5.96. The van der Waals surface area contributed by atoms with Crippen LogP contribution in [-0.4, -0.2) is 43.3 Å². The molecule has 1 aromatic rings. The maximum atomic E-state index is 6.14. The quantitative estimate of drug-likeness (QED) is 0.824. The molecule has 1 saturated heterocycles. The van der Waals surface area contributed by atoms with Gasteiger partial charge in [-0.1, -0.05) is 6.92 Å². The Balaban J connectivity index is 1.86. The van der Waals surface area contributed by atoms with Crippen molar-refractivity contribution >= 4 is 0 Å². The fourth-order valence-electron chi connectivity index (χ4n) is 2.07. The van der Waals surface area contributed by atoms with Gasteiger partial charge < -0.3 is 14.9 Å². The Morgan fingerprint density at radius 1 is 1.62 bits per heavy atom. The number of furan rings is 1. The molecule has 4 heteroatoms. The molecule has 0 bridgehead atoms. The molecule has 16 heavy (non-hydrogen) atoms. The molecule has 2 N–H and O–H groups in total. The van der Waals surface area contributed by atoms with Crippen LogP contribution in [-0.2, 0) is 11.2 Å². The van der Waals surface area contributed by atoms with Crippen molar-refractivity contribution in [3.63, 3.8) is 0 Å². The molecule has 0 aliphatic carbocycles. The van der Waals surface area contributed by atoms with E-state index in [0.717, 1.165) is 38.4 Å². The summed E-state index contributed by atoms with van der Waals surface area (Å²) in [5, 5.41) is 0. The SMILES string of the molecule is CCN1CCOC(C(N)Cc2ccco2)C1. The lowest BCUT2D eigenvalue weighted by molar-refractivity contribution is -0.0391. The van der Waals surface area contributed by atoms with Gasteiger partial charge in [0.25, 0.3) is 0 Å². The minimum atomic E-state index is 0.0144. The highest BCUT2D eigenvalue weighted by atomic mass is 16.5. The lowest BCUT2D eigenvalue weighted by atomic mass is 10.1. The molecule has 2 unspecified atom stereocenters. The topological polar surface area (TPSA) is 51.6 Å². The number of likely N-dealkylation sites (N-methyl/N-ethyl adjacent to an activating group) is 1. The Labute approximate surface area is 96.4 Å². The van der Waals surface area contributed by atoms with Gasteiger partial charge in [0.1, 0.15) is 5.76 Å². The van der Waals surface area contributed by atoms with Gasteiger partial charge in [-0.15, -0.1) is 0 Å². The second kappa shape index (κ2) is 5.48. The van der Waals surface area contributed by atoms with Gasteiger partial charge in [-0.05, 0) is 18.7 Å². The minimum absolute atomic E-state index is 0.0144. The maximum Gasteiger partial charge on any atom is 0.105 e. The molecule has 1 aliphatic rings. The molecule has 0 radical (unpaired) electrons. The number of hydrogen-bond acceptors (Lipinski definition) is 4. The normalized spacial score (nSPS) is 24.5. The van der Waals surface area contributed by atoms with Crippen molar-refractivity contribution in [2.45, 2.75) is 25.5 Å². The molecular formula is C12H20N2O2. The number of rotatable bonds is 4. The van der Waals surface area contributed by atoms with Gasteiger partial charge >= 0.3 is 0 Å². The zero-order valence-electron chi connectivity index (χ0n) is 9.76. The van der Waals surface area contributed by atoms with Crippen LogP contribution >= 0.6 is 0 Å². The first-order valence-corrected chi connectivity index (χ1v) is 5.91. The average molecular weight is 224 g/mol. The minimum Gasteiger partial charge on any atom is -0.469 e. The molecule has 0 saturated carbocycles. The molecule has 1 aromatic heterocycles. The summed E-state index contributed by atoms with van der Waals surface area (Å²) in [6, 6.07) is 3.86. The molecule has 2 atom stereocenters. The van der Waals surface area contributed by atoms with E-state index >= 15 is 0 Å². The molecule has 0 aromatic carbocycles. The monoisotopic (exact) mass is 224 g/mol. The van der Waals surface area contributed by atoms with Crippen LogP contribution in [0.3, 0.4) is 0 Å². The van der Waals surface area contributed by atoms with Crippen LogP contribution in [0.25, 0.3) is 0 Å². The highest BCUT2D eigenvalue weighted by Crippen LogP contribution is 2.12. The lowest BCUT2D eigenvalue weighted by Crippen LogP contribution is -2.51. The summed E-state index contributed by atoms with van der Waals surface area (Å²) in [7, 11) is 0. The van der Waals surface area contributed by atoms with Crippen LogP contribution < -0.4 is 5.73 Å². The smallest absolute Gasteiger partial charge is 0.105 e. The first-order chi connectivity index (χ1) is 7.79. The van der Waals surface area contributed by atoms with Gasteiger partial charge in [-0.3, -0.25) is 4.90 Å². The number of nitrogens with two attached hydrogens (primary N) is 1. The van der Waals surface area contributed by atoms with E-state index in [1.165, 1.54) is 0 Å². The van der Waals surface area contributed by atoms with E-state index in [-0.39, 0.29) is 12.1 Å². The van der Waals surface area contributed by atoms with Gasteiger partial charge in [0.2, 0.25) is 0 Å². The standard InChI is InChI=1S/C12H20N2O2/c1-2-14-5-7-16-12(9-14)11(13)8-10-4-3-6-15-10/h3-4,6,11-12H,2,5,7-9,13H2,1H3. The summed E-state index contributed by atoms with van der Waals surface area (Å²) in [6.07, 6.45) is 2.55. The van der Waals surface area contributed by atoms with E-state index in [1.54, 1.807) is 6.26 Å². The van der Waals surface area contributed by atoms with Crippen LogP contribution in [0.5, 0.6) is 0 Å². The number of ether oxygens (including phenoxy) is 1. The molecule has 0 spiro atoms. The second-order valence-electron chi connectivity index (χ2n) is 4.25. The molecule has 1 aliphatic heterocycles. The summed E-state index contributed by atoms with van der Waals surface area (Å²) < 4.78 is 11.0. The summed E-state index contributed by atoms with van der Waals surface area (Å²) in [5.41, 5.74) is 6.14. The number of morpholine rings is 1. The van der Waals surface area contributed by atoms with Gasteiger partial charge in [0.05, 0.1) is 19.0 Å². The van der Waals surface area contributed by atoms with E-state index in [9.17, 15) is 0 Å². The fraction of sp³-hybridized carbons (Fsp3) is 0.667. The van der Waals surface area contributed by atoms with E-state index in [1.807, 2.05) is 12.1 Å². The van der Waals surface area contributed by atoms with E-state index < -0.39 is 0 Å². The zero-order chi connectivity index (χ0) is 11.4. The molecular weight excluding hydrogens is 204 g/mol. The predicted octanol–water partition coefficient (Wildman–Crippen LogP) is 0.870. The van der Waals surface area contributed by atoms with Gasteiger partial charge in [-0.25, -0.2) is 0 Å². The Kier molecular flexibility index (Phi) is 3.98. The van der Waals surface area contributed by atoms with Crippen LogP contribution in [0, 0.1) is 0 Å². The molecule has 1 fully saturated rings. The molecule has 90 valence electrons. The van der Waals surface area contributed by atoms with E-state index in [4.69, 9.17) is 14.9 Å². The largest absolute Gasteiger partial charge is 0.469 e. The predicted molar refractivity (Wildman–Crippen MR) is 62.2 cm³/mol. The number of hydrogen-bond donors (Lipinski definition) is 1. The highest BCUT2D eigenvalue weighted by Gasteiger charge is 2.25. The van der Waals surface area contributed by atoms with Crippen LogP contribution in [0.1, 0.15) is 12.7 Å². The van der Waals surface area contributed by atoms with Crippen LogP contribution in [0.4, 0.5) is 0 Å².